The van der Waals surface area contributed by atoms with Crippen molar-refractivity contribution in [3.63, 3.8) is 0 Å². The molecule has 0 N–H and O–H groups in total. The Hall–Kier alpha value is -1.96. The first kappa shape index (κ1) is 9.28. The fourth-order valence-electron chi connectivity index (χ4n) is 1.79. The van der Waals surface area contributed by atoms with Gasteiger partial charge in [0.15, 0.2) is 23.0 Å². The summed E-state index contributed by atoms with van der Waals surface area (Å²) in [5, 5.41) is 0. The number of fused-ring (bicyclic) bond motifs is 2. The molecule has 0 unspecified atom stereocenters. The van der Waals surface area contributed by atoms with Crippen molar-refractivity contribution in [1.29, 1.82) is 0 Å². The Kier molecular flexibility index (Phi) is 2.07. The van der Waals surface area contributed by atoms with Gasteiger partial charge in [-0.25, -0.2) is 0 Å². The highest BCUT2D eigenvalue weighted by molar-refractivity contribution is 5.55. The second-order valence-electron chi connectivity index (χ2n) is 3.79. The Balaban J connectivity index is 2.05. The zero-order chi connectivity index (χ0) is 11.0. The van der Waals surface area contributed by atoms with Gasteiger partial charge in [0.25, 0.3) is 0 Å². The van der Waals surface area contributed by atoms with Gasteiger partial charge in [0.2, 0.25) is 0 Å². The molecular formula is C14H12O2. The van der Waals surface area contributed by atoms with E-state index in [1.54, 1.807) is 0 Å². The second kappa shape index (κ2) is 3.56. The summed E-state index contributed by atoms with van der Waals surface area (Å²) in [6, 6.07) is 13.8. The monoisotopic (exact) mass is 212 g/mol. The highest BCUT2D eigenvalue weighted by Gasteiger charge is 2.17. The predicted octanol–water partition coefficient (Wildman–Crippen LogP) is 4.15. The van der Waals surface area contributed by atoms with E-state index >= 15 is 0 Å². The number of ether oxygens (including phenoxy) is 2. The topological polar surface area (TPSA) is 18.5 Å². The normalized spacial score (nSPS) is 12.1. The first-order valence-corrected chi connectivity index (χ1v) is 5.44. The van der Waals surface area contributed by atoms with Crippen LogP contribution in [0.3, 0.4) is 0 Å². The maximum atomic E-state index is 5.79. The standard InChI is InChI=1S/C14H12O2/c1-2-10-7-8-13-14(9-10)16-12-6-4-3-5-11(12)15-13/h3-9H,2H2,1H3. The lowest BCUT2D eigenvalue weighted by molar-refractivity contribution is 0.359. The molecule has 80 valence electrons. The molecule has 1 aliphatic heterocycles. The van der Waals surface area contributed by atoms with Crippen LogP contribution in [-0.2, 0) is 6.42 Å². The smallest absolute Gasteiger partial charge is 0.170 e. The fraction of sp³-hybridized carbons (Fsp3) is 0.143. The van der Waals surface area contributed by atoms with Gasteiger partial charge in [-0.2, -0.15) is 0 Å². The number of para-hydroxylation sites is 2. The van der Waals surface area contributed by atoms with E-state index in [1.165, 1.54) is 5.56 Å². The van der Waals surface area contributed by atoms with Gasteiger partial charge in [-0.15, -0.1) is 0 Å². The van der Waals surface area contributed by atoms with Crippen molar-refractivity contribution in [2.24, 2.45) is 0 Å². The zero-order valence-electron chi connectivity index (χ0n) is 9.07. The predicted molar refractivity (Wildman–Crippen MR) is 62.4 cm³/mol. The van der Waals surface area contributed by atoms with E-state index in [-0.39, 0.29) is 0 Å². The number of aryl methyl sites for hydroxylation is 1. The Labute approximate surface area is 94.4 Å². The minimum atomic E-state index is 0.777. The molecule has 1 aliphatic rings. The lowest BCUT2D eigenvalue weighted by atomic mass is 10.1. The molecule has 0 aromatic heterocycles. The molecule has 3 rings (SSSR count). The Morgan fingerprint density at radius 1 is 0.812 bits per heavy atom. The van der Waals surface area contributed by atoms with Crippen LogP contribution in [0.1, 0.15) is 12.5 Å². The van der Waals surface area contributed by atoms with Crippen molar-refractivity contribution in [3.8, 4) is 23.0 Å². The number of rotatable bonds is 1. The van der Waals surface area contributed by atoms with Crippen LogP contribution in [0, 0.1) is 0 Å². The van der Waals surface area contributed by atoms with Gasteiger partial charge in [-0.3, -0.25) is 0 Å². The van der Waals surface area contributed by atoms with Gasteiger partial charge in [0.05, 0.1) is 0 Å². The highest BCUT2D eigenvalue weighted by atomic mass is 16.6. The lowest BCUT2D eigenvalue weighted by Gasteiger charge is -2.20. The third-order valence-electron chi connectivity index (χ3n) is 2.71. The third kappa shape index (κ3) is 1.43. The van der Waals surface area contributed by atoms with Crippen LogP contribution in [0.2, 0.25) is 0 Å². The van der Waals surface area contributed by atoms with Gasteiger partial charge in [0, 0.05) is 0 Å². The number of benzene rings is 2. The summed E-state index contributed by atoms with van der Waals surface area (Å²) in [6.45, 7) is 2.12. The van der Waals surface area contributed by atoms with Gasteiger partial charge in [-0.1, -0.05) is 25.1 Å². The van der Waals surface area contributed by atoms with E-state index in [1.807, 2.05) is 36.4 Å². The summed E-state index contributed by atoms with van der Waals surface area (Å²) < 4.78 is 11.5. The summed E-state index contributed by atoms with van der Waals surface area (Å²) >= 11 is 0. The van der Waals surface area contributed by atoms with E-state index in [0.717, 1.165) is 29.4 Å². The third-order valence-corrected chi connectivity index (χ3v) is 2.71. The molecule has 0 atom stereocenters. The van der Waals surface area contributed by atoms with Crippen LogP contribution in [0.25, 0.3) is 0 Å². The molecule has 16 heavy (non-hydrogen) atoms. The first-order chi connectivity index (χ1) is 7.86. The lowest BCUT2D eigenvalue weighted by Crippen LogP contribution is -1.99. The van der Waals surface area contributed by atoms with Gasteiger partial charge in [0.1, 0.15) is 0 Å². The van der Waals surface area contributed by atoms with Crippen LogP contribution in [0.15, 0.2) is 42.5 Å². The Morgan fingerprint density at radius 3 is 2.12 bits per heavy atom. The SMILES string of the molecule is CCc1ccc2c(c1)Oc1ccccc1O2. The molecule has 0 amide bonds. The van der Waals surface area contributed by atoms with E-state index in [0.29, 0.717) is 0 Å². The van der Waals surface area contributed by atoms with Crippen LogP contribution in [0.5, 0.6) is 23.0 Å². The summed E-state index contributed by atoms with van der Waals surface area (Å²) in [6.07, 6.45) is 0.998. The molecule has 0 fully saturated rings. The molecule has 0 radical (unpaired) electrons. The molecule has 0 aliphatic carbocycles. The van der Waals surface area contributed by atoms with Crippen molar-refractivity contribution < 1.29 is 9.47 Å². The maximum Gasteiger partial charge on any atom is 0.170 e. The summed E-state index contributed by atoms with van der Waals surface area (Å²) in [5.74, 6) is 3.15. The van der Waals surface area contributed by atoms with Crippen molar-refractivity contribution in [2.75, 3.05) is 0 Å². The molecule has 2 aromatic carbocycles. The Bertz CT molecular complexity index is 532. The molecule has 0 saturated carbocycles. The van der Waals surface area contributed by atoms with Crippen molar-refractivity contribution in [2.45, 2.75) is 13.3 Å². The van der Waals surface area contributed by atoms with Crippen LogP contribution in [0.4, 0.5) is 0 Å². The molecule has 2 aromatic rings. The molecule has 0 bridgehead atoms. The van der Waals surface area contributed by atoms with E-state index < -0.39 is 0 Å². The van der Waals surface area contributed by atoms with Crippen molar-refractivity contribution in [3.05, 3.63) is 48.0 Å². The minimum Gasteiger partial charge on any atom is -0.450 e. The molecule has 1 heterocycles. The van der Waals surface area contributed by atoms with Crippen molar-refractivity contribution >= 4 is 0 Å². The maximum absolute atomic E-state index is 5.79. The molecule has 0 saturated heterocycles. The summed E-state index contributed by atoms with van der Waals surface area (Å²) in [4.78, 5) is 0. The van der Waals surface area contributed by atoms with E-state index in [4.69, 9.17) is 9.47 Å². The zero-order valence-corrected chi connectivity index (χ0v) is 9.07. The average molecular weight is 212 g/mol. The first-order valence-electron chi connectivity index (χ1n) is 5.44. The van der Waals surface area contributed by atoms with Gasteiger partial charge < -0.3 is 9.47 Å². The molecule has 2 heteroatoms. The van der Waals surface area contributed by atoms with Crippen LogP contribution in [-0.4, -0.2) is 0 Å². The number of hydrogen-bond acceptors (Lipinski definition) is 2. The van der Waals surface area contributed by atoms with E-state index in [2.05, 4.69) is 13.0 Å². The second-order valence-corrected chi connectivity index (χ2v) is 3.79. The average Bonchev–Trinajstić information content (AvgIpc) is 2.35. The van der Waals surface area contributed by atoms with Gasteiger partial charge >= 0.3 is 0 Å². The molecule has 0 spiro atoms. The van der Waals surface area contributed by atoms with Gasteiger partial charge in [-0.05, 0) is 36.2 Å². The largest absolute Gasteiger partial charge is 0.450 e. The van der Waals surface area contributed by atoms with E-state index in [9.17, 15) is 0 Å². The van der Waals surface area contributed by atoms with Crippen LogP contribution >= 0.6 is 0 Å². The quantitative estimate of drug-likeness (QED) is 0.603. The number of hydrogen-bond donors (Lipinski definition) is 0. The van der Waals surface area contributed by atoms with Crippen LogP contribution < -0.4 is 9.47 Å². The fourth-order valence-corrected chi connectivity index (χ4v) is 1.79. The summed E-state index contributed by atoms with van der Waals surface area (Å²) in [5.41, 5.74) is 1.25. The minimum absolute atomic E-state index is 0.777. The Morgan fingerprint density at radius 2 is 1.44 bits per heavy atom. The van der Waals surface area contributed by atoms with Crippen molar-refractivity contribution in [1.82, 2.24) is 0 Å². The highest BCUT2D eigenvalue weighted by Crippen LogP contribution is 2.45. The molecular weight excluding hydrogens is 200 g/mol. The summed E-state index contributed by atoms with van der Waals surface area (Å²) in [7, 11) is 0. The molecule has 2 nitrogen and oxygen atoms in total.